The fourth-order valence-electron chi connectivity index (χ4n) is 2.84. The molecular weight excluding hydrogens is 437 g/mol. The highest BCUT2D eigenvalue weighted by Crippen LogP contribution is 2.35. The van der Waals surface area contributed by atoms with E-state index >= 15 is 0 Å². The molecule has 1 heterocycles. The molecular formula is C19H19Cl2N3O4S. The molecule has 1 aromatic heterocycles. The Morgan fingerprint density at radius 1 is 1.17 bits per heavy atom. The van der Waals surface area contributed by atoms with E-state index in [1.165, 1.54) is 25.4 Å². The van der Waals surface area contributed by atoms with Crippen molar-refractivity contribution in [2.75, 3.05) is 11.8 Å². The van der Waals surface area contributed by atoms with E-state index < -0.39 is 10.0 Å². The maximum absolute atomic E-state index is 13.0. The first-order valence-corrected chi connectivity index (χ1v) is 10.9. The summed E-state index contributed by atoms with van der Waals surface area (Å²) in [5.41, 5.74) is 1.34. The van der Waals surface area contributed by atoms with E-state index in [0.29, 0.717) is 44.4 Å². The summed E-state index contributed by atoms with van der Waals surface area (Å²) < 4.78 is 33.8. The van der Waals surface area contributed by atoms with Gasteiger partial charge in [0, 0.05) is 30.1 Å². The number of aromatic amines is 1. The van der Waals surface area contributed by atoms with Gasteiger partial charge < -0.3 is 15.0 Å². The number of rotatable bonds is 7. The van der Waals surface area contributed by atoms with Crippen LogP contribution in [0.3, 0.4) is 0 Å². The summed E-state index contributed by atoms with van der Waals surface area (Å²) in [5.74, 6) is 0.330. The van der Waals surface area contributed by atoms with Crippen molar-refractivity contribution in [1.29, 1.82) is 0 Å². The molecule has 0 aliphatic heterocycles. The van der Waals surface area contributed by atoms with E-state index in [1.54, 1.807) is 25.1 Å². The van der Waals surface area contributed by atoms with Crippen LogP contribution in [0.15, 0.2) is 41.4 Å². The molecule has 0 unspecified atom stereocenters. The number of carbonyl (C=O) groups is 1. The molecule has 0 aliphatic carbocycles. The van der Waals surface area contributed by atoms with E-state index in [-0.39, 0.29) is 17.3 Å². The molecule has 0 aliphatic rings. The van der Waals surface area contributed by atoms with Gasteiger partial charge in [-0.1, -0.05) is 30.1 Å². The molecule has 0 saturated carbocycles. The van der Waals surface area contributed by atoms with Crippen LogP contribution in [0.25, 0.3) is 10.9 Å². The summed E-state index contributed by atoms with van der Waals surface area (Å²) in [6.07, 6.45) is 1.87. The normalized spacial score (nSPS) is 11.4. The standard InChI is InChI=1S/C19H19Cl2N3O4S/c1-3-17(25)22-9-11-8-12(4-7-16(11)28-2)29(26,27)24-15-6-5-13(20)18-14(21)10-23-19(15)18/h4-8,10,23-24H,3,9H2,1-2H3,(H,22,25). The topological polar surface area (TPSA) is 100 Å². The van der Waals surface area contributed by atoms with Crippen LogP contribution in [-0.4, -0.2) is 26.4 Å². The molecule has 0 atom stereocenters. The summed E-state index contributed by atoms with van der Waals surface area (Å²) in [5, 5.41) is 4.05. The summed E-state index contributed by atoms with van der Waals surface area (Å²) in [4.78, 5) is 14.5. The smallest absolute Gasteiger partial charge is 0.261 e. The van der Waals surface area contributed by atoms with Gasteiger partial charge in [-0.3, -0.25) is 9.52 Å². The number of anilines is 1. The van der Waals surface area contributed by atoms with Gasteiger partial charge in [0.25, 0.3) is 10.0 Å². The van der Waals surface area contributed by atoms with Gasteiger partial charge >= 0.3 is 0 Å². The molecule has 0 spiro atoms. The number of nitrogens with one attached hydrogen (secondary N) is 3. The van der Waals surface area contributed by atoms with Gasteiger partial charge in [0.1, 0.15) is 5.75 Å². The first-order chi connectivity index (χ1) is 13.8. The average molecular weight is 456 g/mol. The van der Waals surface area contributed by atoms with E-state index in [2.05, 4.69) is 15.0 Å². The van der Waals surface area contributed by atoms with E-state index in [4.69, 9.17) is 27.9 Å². The van der Waals surface area contributed by atoms with Gasteiger partial charge in [0.2, 0.25) is 5.91 Å². The quantitative estimate of drug-likeness (QED) is 0.493. The molecule has 2 aromatic carbocycles. The molecule has 3 N–H and O–H groups in total. The van der Waals surface area contributed by atoms with Gasteiger partial charge in [0.15, 0.2) is 0 Å². The van der Waals surface area contributed by atoms with Gasteiger partial charge in [-0.2, -0.15) is 0 Å². The lowest BCUT2D eigenvalue weighted by Crippen LogP contribution is -2.22. The molecule has 3 rings (SSSR count). The third kappa shape index (κ3) is 4.44. The van der Waals surface area contributed by atoms with Crippen molar-refractivity contribution in [3.05, 3.63) is 52.1 Å². The Morgan fingerprint density at radius 2 is 1.93 bits per heavy atom. The maximum atomic E-state index is 13.0. The number of H-pyrrole nitrogens is 1. The number of fused-ring (bicyclic) bond motifs is 1. The van der Waals surface area contributed by atoms with E-state index in [0.717, 1.165) is 0 Å². The van der Waals surface area contributed by atoms with E-state index in [1.807, 2.05) is 0 Å². The van der Waals surface area contributed by atoms with Crippen LogP contribution in [-0.2, 0) is 21.4 Å². The molecule has 0 saturated heterocycles. The van der Waals surface area contributed by atoms with Crippen molar-refractivity contribution in [3.8, 4) is 5.75 Å². The third-order valence-electron chi connectivity index (χ3n) is 4.34. The fraction of sp³-hybridized carbons (Fsp3) is 0.211. The molecule has 1 amide bonds. The Kier molecular flexibility index (Phi) is 6.26. The van der Waals surface area contributed by atoms with Crippen LogP contribution in [0.5, 0.6) is 5.75 Å². The minimum absolute atomic E-state index is 0.0276. The average Bonchev–Trinajstić information content (AvgIpc) is 3.10. The third-order valence-corrected chi connectivity index (χ3v) is 6.32. The SMILES string of the molecule is CCC(=O)NCc1cc(S(=O)(=O)Nc2ccc(Cl)c3c(Cl)c[nH]c23)ccc1OC. The Hall–Kier alpha value is -2.42. The molecule has 0 radical (unpaired) electrons. The van der Waals surface area contributed by atoms with Crippen LogP contribution < -0.4 is 14.8 Å². The zero-order valence-corrected chi connectivity index (χ0v) is 18.0. The van der Waals surface area contributed by atoms with Gasteiger partial charge in [-0.15, -0.1) is 0 Å². The molecule has 29 heavy (non-hydrogen) atoms. The lowest BCUT2D eigenvalue weighted by molar-refractivity contribution is -0.120. The molecule has 7 nitrogen and oxygen atoms in total. The summed E-state index contributed by atoms with van der Waals surface area (Å²) in [7, 11) is -2.45. The number of aromatic nitrogens is 1. The van der Waals surface area contributed by atoms with Crippen molar-refractivity contribution in [2.45, 2.75) is 24.8 Å². The van der Waals surface area contributed by atoms with Gasteiger partial charge in [-0.25, -0.2) is 8.42 Å². The second-order valence-corrected chi connectivity index (χ2v) is 8.69. The monoisotopic (exact) mass is 455 g/mol. The lowest BCUT2D eigenvalue weighted by Gasteiger charge is -2.14. The summed E-state index contributed by atoms with van der Waals surface area (Å²) in [6.45, 7) is 1.88. The van der Waals surface area contributed by atoms with Crippen LogP contribution in [0.1, 0.15) is 18.9 Å². The number of sulfonamides is 1. The largest absolute Gasteiger partial charge is 0.496 e. The van der Waals surface area contributed by atoms with Crippen LogP contribution in [0.4, 0.5) is 5.69 Å². The van der Waals surface area contributed by atoms with E-state index in [9.17, 15) is 13.2 Å². The Morgan fingerprint density at radius 3 is 2.62 bits per heavy atom. The summed E-state index contributed by atoms with van der Waals surface area (Å²) in [6, 6.07) is 7.57. The van der Waals surface area contributed by atoms with Crippen molar-refractivity contribution >= 4 is 55.7 Å². The highest BCUT2D eigenvalue weighted by Gasteiger charge is 2.20. The zero-order chi connectivity index (χ0) is 21.2. The second-order valence-electron chi connectivity index (χ2n) is 6.19. The van der Waals surface area contributed by atoms with Gasteiger partial charge in [-0.05, 0) is 30.3 Å². The lowest BCUT2D eigenvalue weighted by atomic mass is 10.2. The second kappa shape index (κ2) is 8.52. The maximum Gasteiger partial charge on any atom is 0.261 e. The summed E-state index contributed by atoms with van der Waals surface area (Å²) >= 11 is 12.3. The number of amides is 1. The van der Waals surface area contributed by atoms with Crippen molar-refractivity contribution in [1.82, 2.24) is 10.3 Å². The first kappa shape index (κ1) is 21.3. The van der Waals surface area contributed by atoms with Crippen LogP contribution in [0.2, 0.25) is 10.0 Å². The highest BCUT2D eigenvalue weighted by molar-refractivity contribution is 7.92. The molecule has 3 aromatic rings. The van der Waals surface area contributed by atoms with Crippen molar-refractivity contribution in [2.24, 2.45) is 0 Å². The van der Waals surface area contributed by atoms with Crippen molar-refractivity contribution in [3.63, 3.8) is 0 Å². The fourth-order valence-corrected chi connectivity index (χ4v) is 4.52. The number of methoxy groups -OCH3 is 1. The predicted octanol–water partition coefficient (Wildman–Crippen LogP) is 4.31. The molecule has 0 fully saturated rings. The number of hydrogen-bond acceptors (Lipinski definition) is 4. The minimum Gasteiger partial charge on any atom is -0.496 e. The molecule has 154 valence electrons. The van der Waals surface area contributed by atoms with Crippen molar-refractivity contribution < 1.29 is 17.9 Å². The van der Waals surface area contributed by atoms with Crippen LogP contribution in [0, 0.1) is 0 Å². The predicted molar refractivity (Wildman–Crippen MR) is 114 cm³/mol. The highest BCUT2D eigenvalue weighted by atomic mass is 35.5. The number of hydrogen-bond donors (Lipinski definition) is 3. The van der Waals surface area contributed by atoms with Gasteiger partial charge in [0.05, 0.1) is 33.3 Å². The zero-order valence-electron chi connectivity index (χ0n) is 15.7. The Balaban J connectivity index is 1.96. The Bertz CT molecular complexity index is 1180. The molecule has 0 bridgehead atoms. The number of ether oxygens (including phenoxy) is 1. The Labute approximate surface area is 178 Å². The minimum atomic E-state index is -3.92. The molecule has 10 heteroatoms. The number of halogens is 2. The number of benzene rings is 2. The first-order valence-electron chi connectivity index (χ1n) is 8.68. The van der Waals surface area contributed by atoms with Crippen LogP contribution >= 0.6 is 23.2 Å². The number of carbonyl (C=O) groups excluding carboxylic acids is 1.